The summed E-state index contributed by atoms with van der Waals surface area (Å²) in [7, 11) is 0. The molecule has 1 unspecified atom stereocenters. The van der Waals surface area contributed by atoms with E-state index in [-0.39, 0.29) is 17.9 Å². The van der Waals surface area contributed by atoms with Crippen molar-refractivity contribution in [2.24, 2.45) is 0 Å². The molecule has 2 nitrogen and oxygen atoms in total. The lowest BCUT2D eigenvalue weighted by molar-refractivity contribution is 0.165. The van der Waals surface area contributed by atoms with Crippen molar-refractivity contribution < 1.29 is 18.3 Å². The summed E-state index contributed by atoms with van der Waals surface area (Å²) in [5, 5.41) is 12.7. The molecule has 1 atom stereocenters. The van der Waals surface area contributed by atoms with Crippen LogP contribution in [0.15, 0.2) is 42.5 Å². The Labute approximate surface area is 121 Å². The zero-order valence-electron chi connectivity index (χ0n) is 11.3. The van der Waals surface area contributed by atoms with Crippen LogP contribution >= 0.6 is 0 Å². The second-order valence-electron chi connectivity index (χ2n) is 4.73. The predicted octanol–water partition coefficient (Wildman–Crippen LogP) is 2.97. The van der Waals surface area contributed by atoms with E-state index < -0.39 is 17.7 Å². The van der Waals surface area contributed by atoms with Crippen LogP contribution in [0.25, 0.3) is 0 Å². The SMILES string of the molecule is OC(CNCCc1ccc(F)cc1)c1c(F)cccc1F. The Morgan fingerprint density at radius 3 is 2.19 bits per heavy atom. The van der Waals surface area contributed by atoms with Gasteiger partial charge in [0.15, 0.2) is 0 Å². The van der Waals surface area contributed by atoms with Crippen LogP contribution in [-0.2, 0) is 6.42 Å². The van der Waals surface area contributed by atoms with Gasteiger partial charge in [-0.05, 0) is 42.8 Å². The first-order valence-electron chi connectivity index (χ1n) is 6.65. The van der Waals surface area contributed by atoms with Crippen molar-refractivity contribution in [3.8, 4) is 0 Å². The molecule has 0 saturated carbocycles. The summed E-state index contributed by atoms with van der Waals surface area (Å²) in [6, 6.07) is 9.56. The molecule has 0 heterocycles. The molecule has 0 bridgehead atoms. The summed E-state index contributed by atoms with van der Waals surface area (Å²) in [4.78, 5) is 0. The quantitative estimate of drug-likeness (QED) is 0.803. The van der Waals surface area contributed by atoms with Gasteiger partial charge in [0, 0.05) is 6.54 Å². The standard InChI is InChI=1S/C16H16F3NO/c17-12-6-4-11(5-7-12)8-9-20-10-15(21)16-13(18)2-1-3-14(16)19/h1-7,15,20-21H,8-10H2. The fourth-order valence-electron chi connectivity index (χ4n) is 2.05. The van der Waals surface area contributed by atoms with Crippen molar-refractivity contribution in [1.29, 1.82) is 0 Å². The van der Waals surface area contributed by atoms with Crippen LogP contribution in [0.4, 0.5) is 13.2 Å². The minimum atomic E-state index is -1.25. The Morgan fingerprint density at radius 2 is 1.57 bits per heavy atom. The van der Waals surface area contributed by atoms with E-state index >= 15 is 0 Å². The topological polar surface area (TPSA) is 32.3 Å². The number of hydrogen-bond donors (Lipinski definition) is 2. The smallest absolute Gasteiger partial charge is 0.131 e. The number of nitrogens with one attached hydrogen (secondary N) is 1. The van der Waals surface area contributed by atoms with Gasteiger partial charge in [0.1, 0.15) is 17.5 Å². The fraction of sp³-hybridized carbons (Fsp3) is 0.250. The molecule has 0 amide bonds. The van der Waals surface area contributed by atoms with Crippen molar-refractivity contribution in [2.75, 3.05) is 13.1 Å². The summed E-state index contributed by atoms with van der Waals surface area (Å²) in [6.07, 6.45) is -0.619. The molecule has 0 aliphatic rings. The number of benzene rings is 2. The molecular formula is C16H16F3NO. The molecule has 0 aromatic heterocycles. The zero-order chi connectivity index (χ0) is 15.2. The maximum Gasteiger partial charge on any atom is 0.131 e. The van der Waals surface area contributed by atoms with E-state index in [0.717, 1.165) is 17.7 Å². The maximum atomic E-state index is 13.4. The van der Waals surface area contributed by atoms with Crippen LogP contribution < -0.4 is 5.32 Å². The second kappa shape index (κ2) is 7.24. The highest BCUT2D eigenvalue weighted by atomic mass is 19.1. The molecule has 2 aromatic carbocycles. The van der Waals surface area contributed by atoms with E-state index in [2.05, 4.69) is 5.32 Å². The molecule has 0 spiro atoms. The first-order valence-corrected chi connectivity index (χ1v) is 6.65. The monoisotopic (exact) mass is 295 g/mol. The third kappa shape index (κ3) is 4.31. The van der Waals surface area contributed by atoms with Crippen LogP contribution in [0.3, 0.4) is 0 Å². The Morgan fingerprint density at radius 1 is 0.952 bits per heavy atom. The van der Waals surface area contributed by atoms with Crippen molar-refractivity contribution in [1.82, 2.24) is 5.32 Å². The third-order valence-corrected chi connectivity index (χ3v) is 3.17. The summed E-state index contributed by atoms with van der Waals surface area (Å²) in [5.41, 5.74) is 0.613. The summed E-state index contributed by atoms with van der Waals surface area (Å²) >= 11 is 0. The number of aliphatic hydroxyl groups is 1. The average Bonchev–Trinajstić information content (AvgIpc) is 2.45. The average molecular weight is 295 g/mol. The lowest BCUT2D eigenvalue weighted by Gasteiger charge is -2.13. The molecule has 2 rings (SSSR count). The van der Waals surface area contributed by atoms with Gasteiger partial charge in [0.25, 0.3) is 0 Å². The Bertz CT molecular complexity index is 566. The Hall–Kier alpha value is -1.85. The summed E-state index contributed by atoms with van der Waals surface area (Å²) in [5.74, 6) is -1.82. The Balaban J connectivity index is 1.82. The van der Waals surface area contributed by atoms with Gasteiger partial charge >= 0.3 is 0 Å². The van der Waals surface area contributed by atoms with Gasteiger partial charge in [-0.3, -0.25) is 0 Å². The molecule has 0 aliphatic heterocycles. The Kier molecular flexibility index (Phi) is 5.36. The molecular weight excluding hydrogens is 279 g/mol. The van der Waals surface area contributed by atoms with Crippen LogP contribution in [0.1, 0.15) is 17.2 Å². The van der Waals surface area contributed by atoms with Gasteiger partial charge in [0.05, 0.1) is 11.7 Å². The molecule has 2 N–H and O–H groups in total. The van der Waals surface area contributed by atoms with Crippen molar-refractivity contribution in [3.63, 3.8) is 0 Å². The van der Waals surface area contributed by atoms with Crippen LogP contribution in [0.2, 0.25) is 0 Å². The summed E-state index contributed by atoms with van der Waals surface area (Å²) in [6.45, 7) is 0.553. The molecule has 21 heavy (non-hydrogen) atoms. The highest BCUT2D eigenvalue weighted by molar-refractivity contribution is 5.22. The fourth-order valence-corrected chi connectivity index (χ4v) is 2.05. The molecule has 112 valence electrons. The lowest BCUT2D eigenvalue weighted by atomic mass is 10.1. The third-order valence-electron chi connectivity index (χ3n) is 3.17. The van der Waals surface area contributed by atoms with Gasteiger partial charge in [0.2, 0.25) is 0 Å². The first-order chi connectivity index (χ1) is 10.1. The normalized spacial score (nSPS) is 12.4. The summed E-state index contributed by atoms with van der Waals surface area (Å²) < 4.78 is 39.6. The van der Waals surface area contributed by atoms with Crippen molar-refractivity contribution in [2.45, 2.75) is 12.5 Å². The van der Waals surface area contributed by atoms with Crippen molar-refractivity contribution in [3.05, 3.63) is 71.0 Å². The highest BCUT2D eigenvalue weighted by Crippen LogP contribution is 2.19. The number of hydrogen-bond acceptors (Lipinski definition) is 2. The van der Waals surface area contributed by atoms with Gasteiger partial charge in [-0.2, -0.15) is 0 Å². The lowest BCUT2D eigenvalue weighted by Crippen LogP contribution is -2.24. The first kappa shape index (κ1) is 15.5. The maximum absolute atomic E-state index is 13.4. The second-order valence-corrected chi connectivity index (χ2v) is 4.73. The molecule has 0 fully saturated rings. The van der Waals surface area contributed by atoms with E-state index in [1.54, 1.807) is 12.1 Å². The predicted molar refractivity (Wildman–Crippen MR) is 74.3 cm³/mol. The number of rotatable bonds is 6. The van der Waals surface area contributed by atoms with Crippen LogP contribution in [0, 0.1) is 17.5 Å². The molecule has 0 aliphatic carbocycles. The minimum absolute atomic E-state index is 0.0407. The van der Waals surface area contributed by atoms with Gasteiger partial charge in [-0.15, -0.1) is 0 Å². The highest BCUT2D eigenvalue weighted by Gasteiger charge is 2.16. The molecule has 2 aromatic rings. The van der Waals surface area contributed by atoms with E-state index in [1.165, 1.54) is 18.2 Å². The van der Waals surface area contributed by atoms with E-state index in [4.69, 9.17) is 0 Å². The van der Waals surface area contributed by atoms with E-state index in [1.807, 2.05) is 0 Å². The number of aliphatic hydroxyl groups excluding tert-OH is 1. The van der Waals surface area contributed by atoms with Crippen molar-refractivity contribution >= 4 is 0 Å². The van der Waals surface area contributed by atoms with E-state index in [0.29, 0.717) is 13.0 Å². The largest absolute Gasteiger partial charge is 0.387 e. The van der Waals surface area contributed by atoms with E-state index in [9.17, 15) is 18.3 Å². The molecule has 5 heteroatoms. The van der Waals surface area contributed by atoms with Crippen LogP contribution in [0.5, 0.6) is 0 Å². The zero-order valence-corrected chi connectivity index (χ0v) is 11.3. The number of halogens is 3. The van der Waals surface area contributed by atoms with Crippen LogP contribution in [-0.4, -0.2) is 18.2 Å². The van der Waals surface area contributed by atoms with Gasteiger partial charge in [-0.25, -0.2) is 13.2 Å². The van der Waals surface area contributed by atoms with Gasteiger partial charge < -0.3 is 10.4 Å². The molecule has 0 radical (unpaired) electrons. The van der Waals surface area contributed by atoms with Gasteiger partial charge in [-0.1, -0.05) is 18.2 Å². The minimum Gasteiger partial charge on any atom is -0.387 e. The molecule has 0 saturated heterocycles.